The maximum Gasteiger partial charge on any atom is 0.0672 e. The number of nitrogens with zero attached hydrogens (tertiary/aromatic N) is 2. The lowest BCUT2D eigenvalue weighted by atomic mass is 9.97. The van der Waals surface area contributed by atoms with Crippen molar-refractivity contribution < 1.29 is 0 Å². The molecule has 0 aliphatic carbocycles. The molecule has 2 aromatic rings. The zero-order chi connectivity index (χ0) is 15.1. The van der Waals surface area contributed by atoms with E-state index in [0.29, 0.717) is 6.04 Å². The van der Waals surface area contributed by atoms with Crippen molar-refractivity contribution in [1.29, 1.82) is 0 Å². The summed E-state index contributed by atoms with van der Waals surface area (Å²) in [5.41, 5.74) is 7.31. The minimum absolute atomic E-state index is 0.478. The van der Waals surface area contributed by atoms with Crippen LogP contribution < -0.4 is 4.90 Å². The number of rotatable bonds is 0. The van der Waals surface area contributed by atoms with Gasteiger partial charge >= 0.3 is 0 Å². The van der Waals surface area contributed by atoms with Crippen LogP contribution in [0.3, 0.4) is 0 Å². The smallest absolute Gasteiger partial charge is 0.0672 e. The van der Waals surface area contributed by atoms with Gasteiger partial charge in [-0.15, -0.1) is 0 Å². The molecule has 22 heavy (non-hydrogen) atoms. The third-order valence-electron chi connectivity index (χ3n) is 5.14. The van der Waals surface area contributed by atoms with Crippen LogP contribution in [0.25, 0.3) is 0 Å². The largest absolute Gasteiger partial charge is 0.363 e. The fraction of sp³-hybridized carbons (Fsp3) is 0.400. The highest BCUT2D eigenvalue weighted by Crippen LogP contribution is 2.39. The topological polar surface area (TPSA) is 6.48 Å². The van der Waals surface area contributed by atoms with Crippen LogP contribution in [-0.4, -0.2) is 31.6 Å². The van der Waals surface area contributed by atoms with E-state index in [0.717, 1.165) is 19.5 Å². The molecule has 1 unspecified atom stereocenters. The van der Waals surface area contributed by atoms with Crippen LogP contribution in [-0.2, 0) is 6.42 Å². The van der Waals surface area contributed by atoms with Gasteiger partial charge in [-0.1, -0.05) is 36.4 Å². The molecule has 2 heterocycles. The van der Waals surface area contributed by atoms with Gasteiger partial charge < -0.3 is 9.80 Å². The fourth-order valence-electron chi connectivity index (χ4n) is 4.02. The number of hydrogen-bond donors (Lipinski definition) is 0. The van der Waals surface area contributed by atoms with E-state index in [1.54, 1.807) is 0 Å². The van der Waals surface area contributed by atoms with Crippen LogP contribution in [0, 0.1) is 6.92 Å². The van der Waals surface area contributed by atoms with Crippen LogP contribution in [0.1, 0.15) is 34.7 Å². The Labute approximate surface area is 133 Å². The highest BCUT2D eigenvalue weighted by atomic mass is 15.2. The quantitative estimate of drug-likeness (QED) is 0.729. The first-order chi connectivity index (χ1) is 10.7. The number of likely N-dealkylation sites (N-methyl/N-ethyl adjacent to an activating group) is 1. The van der Waals surface area contributed by atoms with Gasteiger partial charge in [0.1, 0.15) is 0 Å². The lowest BCUT2D eigenvalue weighted by Gasteiger charge is -2.33. The second-order valence-corrected chi connectivity index (χ2v) is 6.83. The number of aryl methyl sites for hydroxylation is 1. The third-order valence-corrected chi connectivity index (χ3v) is 5.14. The van der Waals surface area contributed by atoms with Gasteiger partial charge in [0.2, 0.25) is 0 Å². The van der Waals surface area contributed by atoms with E-state index in [1.165, 1.54) is 40.9 Å². The van der Waals surface area contributed by atoms with E-state index in [2.05, 4.69) is 66.2 Å². The monoisotopic (exact) mass is 292 g/mol. The summed E-state index contributed by atoms with van der Waals surface area (Å²) in [6.07, 6.45) is 2.30. The predicted octanol–water partition coefficient (Wildman–Crippen LogP) is 3.78. The Morgan fingerprint density at radius 3 is 2.77 bits per heavy atom. The number of benzene rings is 2. The van der Waals surface area contributed by atoms with Gasteiger partial charge in [-0.2, -0.15) is 0 Å². The molecule has 1 saturated heterocycles. The Morgan fingerprint density at radius 2 is 1.86 bits per heavy atom. The van der Waals surface area contributed by atoms with Crippen molar-refractivity contribution in [1.82, 2.24) is 4.90 Å². The van der Waals surface area contributed by atoms with E-state index >= 15 is 0 Å². The van der Waals surface area contributed by atoms with Gasteiger partial charge in [-0.3, -0.25) is 0 Å². The van der Waals surface area contributed by atoms with Gasteiger partial charge in [0.15, 0.2) is 0 Å². The molecule has 0 amide bonds. The summed E-state index contributed by atoms with van der Waals surface area (Å²) in [4.78, 5) is 5.15. The Hall–Kier alpha value is -1.80. The van der Waals surface area contributed by atoms with E-state index in [9.17, 15) is 0 Å². The van der Waals surface area contributed by atoms with Crippen molar-refractivity contribution >= 4 is 5.69 Å². The summed E-state index contributed by atoms with van der Waals surface area (Å²) in [6.45, 7) is 5.66. The van der Waals surface area contributed by atoms with Crippen molar-refractivity contribution in [3.8, 4) is 0 Å². The van der Waals surface area contributed by atoms with Crippen molar-refractivity contribution in [2.75, 3.05) is 31.6 Å². The van der Waals surface area contributed by atoms with Gasteiger partial charge in [0, 0.05) is 18.8 Å². The number of anilines is 1. The van der Waals surface area contributed by atoms with Crippen LogP contribution in [0.15, 0.2) is 42.5 Å². The highest BCUT2D eigenvalue weighted by Gasteiger charge is 2.30. The van der Waals surface area contributed by atoms with Crippen molar-refractivity contribution in [3.63, 3.8) is 0 Å². The van der Waals surface area contributed by atoms with Gasteiger partial charge in [-0.25, -0.2) is 0 Å². The van der Waals surface area contributed by atoms with E-state index in [1.807, 2.05) is 0 Å². The molecule has 2 nitrogen and oxygen atoms in total. The van der Waals surface area contributed by atoms with Gasteiger partial charge in [0.25, 0.3) is 0 Å². The second kappa shape index (κ2) is 5.44. The molecule has 0 N–H and O–H groups in total. The van der Waals surface area contributed by atoms with Gasteiger partial charge in [0.05, 0.1) is 6.04 Å². The molecule has 4 rings (SSSR count). The third kappa shape index (κ3) is 2.32. The predicted molar refractivity (Wildman–Crippen MR) is 92.6 cm³/mol. The lowest BCUT2D eigenvalue weighted by molar-refractivity contribution is 0.333. The van der Waals surface area contributed by atoms with Crippen LogP contribution in [0.5, 0.6) is 0 Å². The molecule has 114 valence electrons. The molecule has 2 aliphatic rings. The SMILES string of the molecule is Cc1ccc2c(c1)N1CCCN(C)CC1c1ccccc1C2. The van der Waals surface area contributed by atoms with Crippen LogP contribution >= 0.6 is 0 Å². The molecule has 1 atom stereocenters. The molecule has 2 aromatic carbocycles. The maximum atomic E-state index is 2.66. The first-order valence-electron chi connectivity index (χ1n) is 8.35. The molecule has 0 spiro atoms. The molecule has 0 aromatic heterocycles. The van der Waals surface area contributed by atoms with Crippen molar-refractivity contribution in [2.45, 2.75) is 25.8 Å². The fourth-order valence-corrected chi connectivity index (χ4v) is 4.02. The summed E-state index contributed by atoms with van der Waals surface area (Å²) in [6, 6.07) is 16.5. The normalized spacial score (nSPS) is 21.4. The summed E-state index contributed by atoms with van der Waals surface area (Å²) in [7, 11) is 2.26. The average Bonchev–Trinajstić information content (AvgIpc) is 2.77. The Bertz CT molecular complexity index is 692. The zero-order valence-corrected chi connectivity index (χ0v) is 13.5. The molecule has 2 heteroatoms. The molecule has 1 fully saturated rings. The average molecular weight is 292 g/mol. The molecule has 0 bridgehead atoms. The standard InChI is InChI=1S/C20H24N2/c1-15-8-9-17-13-16-6-3-4-7-18(16)20-14-21(2)10-5-11-22(20)19(17)12-15/h3-4,6-9,12,20H,5,10-11,13-14H2,1-2H3. The van der Waals surface area contributed by atoms with E-state index in [-0.39, 0.29) is 0 Å². The highest BCUT2D eigenvalue weighted by molar-refractivity contribution is 5.61. The Balaban J connectivity index is 1.91. The summed E-state index contributed by atoms with van der Waals surface area (Å²) >= 11 is 0. The lowest BCUT2D eigenvalue weighted by Crippen LogP contribution is -2.33. The zero-order valence-electron chi connectivity index (χ0n) is 13.5. The van der Waals surface area contributed by atoms with E-state index in [4.69, 9.17) is 0 Å². The van der Waals surface area contributed by atoms with Crippen LogP contribution in [0.4, 0.5) is 5.69 Å². The Morgan fingerprint density at radius 1 is 1.00 bits per heavy atom. The van der Waals surface area contributed by atoms with Crippen molar-refractivity contribution in [3.05, 3.63) is 64.7 Å². The maximum absolute atomic E-state index is 2.66. The first-order valence-corrected chi connectivity index (χ1v) is 8.35. The van der Waals surface area contributed by atoms with Gasteiger partial charge in [-0.05, 0) is 61.7 Å². The van der Waals surface area contributed by atoms with Crippen LogP contribution in [0.2, 0.25) is 0 Å². The summed E-state index contributed by atoms with van der Waals surface area (Å²) in [5.74, 6) is 0. The first kappa shape index (κ1) is 13.8. The molecule has 0 radical (unpaired) electrons. The van der Waals surface area contributed by atoms with Crippen molar-refractivity contribution in [2.24, 2.45) is 0 Å². The summed E-state index contributed by atoms with van der Waals surface area (Å²) < 4.78 is 0. The number of hydrogen-bond acceptors (Lipinski definition) is 2. The second-order valence-electron chi connectivity index (χ2n) is 6.83. The number of fused-ring (bicyclic) bond motifs is 5. The van der Waals surface area contributed by atoms with E-state index < -0.39 is 0 Å². The molecular formula is C20H24N2. The Kier molecular flexibility index (Phi) is 3.42. The molecule has 0 saturated carbocycles. The molecular weight excluding hydrogens is 268 g/mol. The minimum atomic E-state index is 0.478. The summed E-state index contributed by atoms with van der Waals surface area (Å²) in [5, 5.41) is 0. The minimum Gasteiger partial charge on any atom is -0.363 e. The molecule has 2 aliphatic heterocycles.